The van der Waals surface area contributed by atoms with Crippen molar-refractivity contribution in [3.05, 3.63) is 56.8 Å². The summed E-state index contributed by atoms with van der Waals surface area (Å²) in [5, 5.41) is 11.6. The van der Waals surface area contributed by atoms with Crippen molar-refractivity contribution in [3.8, 4) is 22.9 Å². The van der Waals surface area contributed by atoms with Gasteiger partial charge in [0.05, 0.1) is 6.21 Å². The fourth-order valence-corrected chi connectivity index (χ4v) is 3.15. The van der Waals surface area contributed by atoms with Gasteiger partial charge in [0.1, 0.15) is 0 Å². The maximum absolute atomic E-state index is 5.41. The summed E-state index contributed by atoms with van der Waals surface area (Å²) >= 11 is 8.84. The summed E-state index contributed by atoms with van der Waals surface area (Å²) in [4.78, 5) is 0. The maximum atomic E-state index is 5.41. The molecule has 0 amide bonds. The van der Waals surface area contributed by atoms with Gasteiger partial charge in [-0.3, -0.25) is 0 Å². The normalized spacial score (nSPS) is 12.9. The molecule has 1 aromatic heterocycles. The van der Waals surface area contributed by atoms with E-state index in [1.54, 1.807) is 10.9 Å². The lowest BCUT2D eigenvalue weighted by Crippen LogP contribution is -1.97. The van der Waals surface area contributed by atoms with E-state index in [2.05, 4.69) is 31.2 Å². The predicted molar refractivity (Wildman–Crippen MR) is 101 cm³/mol. The Kier molecular flexibility index (Phi) is 4.14. The predicted octanol–water partition coefficient (Wildman–Crippen LogP) is 4.29. The highest BCUT2D eigenvalue weighted by atomic mass is 79.9. The van der Waals surface area contributed by atoms with E-state index in [0.717, 1.165) is 21.2 Å². The van der Waals surface area contributed by atoms with Crippen LogP contribution in [0.3, 0.4) is 0 Å². The van der Waals surface area contributed by atoms with Gasteiger partial charge in [0.2, 0.25) is 11.6 Å². The lowest BCUT2D eigenvalue weighted by molar-refractivity contribution is 0.174. The van der Waals surface area contributed by atoms with Crippen molar-refractivity contribution in [2.45, 2.75) is 6.92 Å². The Morgan fingerprint density at radius 3 is 2.84 bits per heavy atom. The molecule has 0 aliphatic carbocycles. The topological polar surface area (TPSA) is 64.4 Å². The quantitative estimate of drug-likeness (QED) is 0.510. The third-order valence-corrected chi connectivity index (χ3v) is 4.79. The molecule has 3 aromatic rings. The van der Waals surface area contributed by atoms with Crippen LogP contribution in [0.2, 0.25) is 0 Å². The summed E-state index contributed by atoms with van der Waals surface area (Å²) in [7, 11) is 0. The number of hydrogen-bond acceptors (Lipinski definition) is 5. The van der Waals surface area contributed by atoms with Crippen molar-refractivity contribution in [1.82, 2.24) is 14.9 Å². The highest BCUT2D eigenvalue weighted by molar-refractivity contribution is 9.10. The molecule has 1 aliphatic heterocycles. The number of halogens is 1. The summed E-state index contributed by atoms with van der Waals surface area (Å²) < 4.78 is 13.7. The summed E-state index contributed by atoms with van der Waals surface area (Å²) in [5.74, 6) is 2.07. The minimum atomic E-state index is 0.229. The molecule has 2 aromatic carbocycles. The van der Waals surface area contributed by atoms with E-state index in [-0.39, 0.29) is 6.79 Å². The van der Waals surface area contributed by atoms with Crippen molar-refractivity contribution < 1.29 is 9.47 Å². The molecule has 0 radical (unpaired) electrons. The molecule has 0 spiro atoms. The van der Waals surface area contributed by atoms with E-state index in [1.165, 1.54) is 0 Å². The third kappa shape index (κ3) is 2.98. The van der Waals surface area contributed by atoms with Crippen LogP contribution in [-0.4, -0.2) is 27.9 Å². The van der Waals surface area contributed by atoms with Crippen molar-refractivity contribution in [2.24, 2.45) is 5.10 Å². The second kappa shape index (κ2) is 6.45. The lowest BCUT2D eigenvalue weighted by atomic mass is 10.1. The largest absolute Gasteiger partial charge is 0.454 e. The number of aromatic nitrogens is 3. The monoisotopic (exact) mass is 416 g/mol. The van der Waals surface area contributed by atoms with Gasteiger partial charge < -0.3 is 9.47 Å². The zero-order valence-corrected chi connectivity index (χ0v) is 15.6. The minimum Gasteiger partial charge on any atom is -0.454 e. The molecule has 0 saturated carbocycles. The fourth-order valence-electron chi connectivity index (χ4n) is 2.55. The number of aromatic amines is 1. The molecular weight excluding hydrogens is 404 g/mol. The standard InChI is InChI=1S/C17H13BrN4O2S/c1-10-4-2-3-5-12(10)16-20-21-17(25)22(16)19-8-11-6-14-15(7-13(11)18)24-9-23-14/h2-8H,9H2,1H3,(H,21,25)/b19-8-. The van der Waals surface area contributed by atoms with Crippen LogP contribution >= 0.6 is 28.1 Å². The number of aryl methyl sites for hydroxylation is 1. The number of benzene rings is 2. The Balaban J connectivity index is 1.75. The number of rotatable bonds is 3. The van der Waals surface area contributed by atoms with Crippen LogP contribution in [0.1, 0.15) is 11.1 Å². The van der Waals surface area contributed by atoms with Crippen LogP contribution in [0.25, 0.3) is 11.4 Å². The Bertz CT molecular complexity index is 1040. The molecule has 0 fully saturated rings. The number of fused-ring (bicyclic) bond motifs is 1. The Labute approximate surface area is 157 Å². The second-order valence-corrected chi connectivity index (χ2v) is 6.69. The van der Waals surface area contributed by atoms with Gasteiger partial charge in [-0.05, 0) is 52.8 Å². The highest BCUT2D eigenvalue weighted by Gasteiger charge is 2.16. The SMILES string of the molecule is Cc1ccccc1-c1n[nH]c(=S)n1/N=C\c1cc2c(cc1Br)OCO2. The van der Waals surface area contributed by atoms with Crippen molar-refractivity contribution in [2.75, 3.05) is 6.79 Å². The van der Waals surface area contributed by atoms with Gasteiger partial charge in [-0.2, -0.15) is 14.9 Å². The van der Waals surface area contributed by atoms with Crippen LogP contribution in [0.4, 0.5) is 0 Å². The molecule has 1 aliphatic rings. The lowest BCUT2D eigenvalue weighted by Gasteiger charge is -2.05. The molecule has 1 N–H and O–H groups in total. The van der Waals surface area contributed by atoms with Crippen molar-refractivity contribution in [3.63, 3.8) is 0 Å². The van der Waals surface area contributed by atoms with Crippen molar-refractivity contribution in [1.29, 1.82) is 0 Å². The molecule has 0 saturated heterocycles. The zero-order chi connectivity index (χ0) is 17.4. The summed E-state index contributed by atoms with van der Waals surface area (Å²) in [5.41, 5.74) is 2.91. The van der Waals surface area contributed by atoms with Crippen LogP contribution in [-0.2, 0) is 0 Å². The van der Waals surface area contributed by atoms with Gasteiger partial charge in [0, 0.05) is 15.6 Å². The van der Waals surface area contributed by atoms with Crippen LogP contribution in [0, 0.1) is 11.7 Å². The van der Waals surface area contributed by atoms with Gasteiger partial charge >= 0.3 is 0 Å². The van der Waals surface area contributed by atoms with E-state index in [9.17, 15) is 0 Å². The highest BCUT2D eigenvalue weighted by Crippen LogP contribution is 2.36. The van der Waals surface area contributed by atoms with E-state index in [1.807, 2.05) is 43.3 Å². The summed E-state index contributed by atoms with van der Waals surface area (Å²) in [6.45, 7) is 2.25. The Morgan fingerprint density at radius 2 is 2.04 bits per heavy atom. The van der Waals surface area contributed by atoms with E-state index in [4.69, 9.17) is 21.7 Å². The molecule has 126 valence electrons. The summed E-state index contributed by atoms with van der Waals surface area (Å²) in [6, 6.07) is 11.7. The average Bonchev–Trinajstić information content (AvgIpc) is 3.19. The molecule has 2 heterocycles. The van der Waals surface area contributed by atoms with Crippen LogP contribution < -0.4 is 9.47 Å². The van der Waals surface area contributed by atoms with E-state index < -0.39 is 0 Å². The smallest absolute Gasteiger partial charge is 0.231 e. The van der Waals surface area contributed by atoms with E-state index in [0.29, 0.717) is 22.1 Å². The summed E-state index contributed by atoms with van der Waals surface area (Å²) in [6.07, 6.45) is 1.71. The molecule has 8 heteroatoms. The molecule has 0 bridgehead atoms. The van der Waals surface area contributed by atoms with E-state index >= 15 is 0 Å². The number of nitrogens with zero attached hydrogens (tertiary/aromatic N) is 3. The first kappa shape index (κ1) is 16.0. The van der Waals surface area contributed by atoms with Crippen molar-refractivity contribution >= 4 is 34.4 Å². The number of ether oxygens (including phenoxy) is 2. The van der Waals surface area contributed by atoms with Gasteiger partial charge in [-0.15, -0.1) is 0 Å². The fraction of sp³-hybridized carbons (Fsp3) is 0.118. The first-order chi connectivity index (χ1) is 12.1. The molecule has 0 atom stereocenters. The minimum absolute atomic E-state index is 0.229. The van der Waals surface area contributed by atoms with Crippen LogP contribution in [0.15, 0.2) is 46.0 Å². The first-order valence-electron chi connectivity index (χ1n) is 7.50. The Morgan fingerprint density at radius 1 is 1.28 bits per heavy atom. The second-order valence-electron chi connectivity index (χ2n) is 5.45. The maximum Gasteiger partial charge on any atom is 0.231 e. The van der Waals surface area contributed by atoms with Gasteiger partial charge in [0.25, 0.3) is 0 Å². The first-order valence-corrected chi connectivity index (χ1v) is 8.70. The molecule has 6 nitrogen and oxygen atoms in total. The van der Waals surface area contributed by atoms with Crippen LogP contribution in [0.5, 0.6) is 11.5 Å². The number of H-pyrrole nitrogens is 1. The number of nitrogens with one attached hydrogen (secondary N) is 1. The third-order valence-electron chi connectivity index (χ3n) is 3.84. The molecule has 25 heavy (non-hydrogen) atoms. The average molecular weight is 417 g/mol. The van der Waals surface area contributed by atoms with Gasteiger partial charge in [0.15, 0.2) is 17.3 Å². The Hall–Kier alpha value is -2.45. The zero-order valence-electron chi connectivity index (χ0n) is 13.2. The molecular formula is C17H13BrN4O2S. The van der Waals surface area contributed by atoms with Gasteiger partial charge in [-0.25, -0.2) is 5.10 Å². The van der Waals surface area contributed by atoms with Gasteiger partial charge in [-0.1, -0.05) is 24.3 Å². The number of hydrogen-bond donors (Lipinski definition) is 1. The molecule has 4 rings (SSSR count). The molecule has 0 unspecified atom stereocenters.